The molecule has 0 atom stereocenters. The Bertz CT molecular complexity index is 883. The highest BCUT2D eigenvalue weighted by molar-refractivity contribution is 7.49. The molecule has 0 aliphatic carbocycles. The fraction of sp³-hybridized carbons (Fsp3) is 0.143. The van der Waals surface area contributed by atoms with Crippen LogP contribution in [0.25, 0.3) is 0 Å². The highest BCUT2D eigenvalue weighted by Gasteiger charge is 2.33. The summed E-state index contributed by atoms with van der Waals surface area (Å²) >= 11 is 0. The highest BCUT2D eigenvalue weighted by atomic mass is 31.2. The molecule has 0 N–H and O–H groups in total. The van der Waals surface area contributed by atoms with Crippen molar-refractivity contribution in [2.24, 2.45) is 0 Å². The second kappa shape index (κ2) is 7.67. The summed E-state index contributed by atoms with van der Waals surface area (Å²) in [6.07, 6.45) is 0. The van der Waals surface area contributed by atoms with E-state index in [0.717, 1.165) is 16.7 Å². The maximum absolute atomic E-state index is 13.4. The molecule has 3 aromatic carbocycles. The minimum atomic E-state index is -3.94. The average molecular weight is 368 g/mol. The fourth-order valence-corrected chi connectivity index (χ4v) is 3.62. The molecular weight excluding hydrogens is 347 g/mol. The maximum Gasteiger partial charge on any atom is 0.647 e. The zero-order chi connectivity index (χ0) is 18.6. The van der Waals surface area contributed by atoms with E-state index >= 15 is 0 Å². The number of aryl methyl sites for hydroxylation is 3. The molecule has 0 aliphatic heterocycles. The van der Waals surface area contributed by atoms with Gasteiger partial charge in [-0.15, -0.1) is 0 Å². The first kappa shape index (κ1) is 18.1. The number of phosphoric acid groups is 1. The average Bonchev–Trinajstić information content (AvgIpc) is 2.57. The topological polar surface area (TPSA) is 44.8 Å². The summed E-state index contributed by atoms with van der Waals surface area (Å²) in [5.74, 6) is 1.26. The third-order valence-corrected chi connectivity index (χ3v) is 4.95. The van der Waals surface area contributed by atoms with Crippen molar-refractivity contribution in [2.75, 3.05) is 0 Å². The summed E-state index contributed by atoms with van der Waals surface area (Å²) < 4.78 is 30.4. The molecule has 0 radical (unpaired) electrons. The van der Waals surface area contributed by atoms with E-state index in [4.69, 9.17) is 13.6 Å². The zero-order valence-corrected chi connectivity index (χ0v) is 15.9. The van der Waals surface area contributed by atoms with Crippen LogP contribution in [0.3, 0.4) is 0 Å². The smallest absolute Gasteiger partial charge is 0.386 e. The molecule has 3 aromatic rings. The Labute approximate surface area is 154 Å². The first-order valence-electron chi connectivity index (χ1n) is 8.31. The van der Waals surface area contributed by atoms with E-state index in [0.29, 0.717) is 17.2 Å². The summed E-state index contributed by atoms with van der Waals surface area (Å²) in [6, 6.07) is 21.7. The summed E-state index contributed by atoms with van der Waals surface area (Å²) in [4.78, 5) is 0. The van der Waals surface area contributed by atoms with Gasteiger partial charge in [-0.3, -0.25) is 0 Å². The Balaban J connectivity index is 1.91. The van der Waals surface area contributed by atoms with Crippen LogP contribution in [0.15, 0.2) is 72.8 Å². The molecule has 0 spiro atoms. The Hall–Kier alpha value is -2.71. The summed E-state index contributed by atoms with van der Waals surface area (Å²) in [5, 5.41) is 0. The van der Waals surface area contributed by atoms with Gasteiger partial charge in [-0.25, -0.2) is 0 Å². The van der Waals surface area contributed by atoms with E-state index in [-0.39, 0.29) is 0 Å². The van der Waals surface area contributed by atoms with Crippen molar-refractivity contribution >= 4 is 7.82 Å². The maximum atomic E-state index is 13.4. The molecule has 0 heterocycles. The highest BCUT2D eigenvalue weighted by Crippen LogP contribution is 2.49. The quantitative estimate of drug-likeness (QED) is 0.482. The summed E-state index contributed by atoms with van der Waals surface area (Å²) in [7, 11) is -3.94. The third kappa shape index (κ3) is 4.90. The fourth-order valence-electron chi connectivity index (χ4n) is 2.39. The van der Waals surface area contributed by atoms with Crippen molar-refractivity contribution in [1.29, 1.82) is 0 Å². The van der Waals surface area contributed by atoms with E-state index in [1.807, 2.05) is 57.2 Å². The van der Waals surface area contributed by atoms with E-state index < -0.39 is 7.82 Å². The molecule has 5 heteroatoms. The molecule has 134 valence electrons. The minimum Gasteiger partial charge on any atom is -0.386 e. The van der Waals surface area contributed by atoms with Crippen LogP contribution < -0.4 is 13.6 Å². The largest absolute Gasteiger partial charge is 0.647 e. The molecule has 26 heavy (non-hydrogen) atoms. The number of benzene rings is 3. The third-order valence-electron chi connectivity index (χ3n) is 3.65. The van der Waals surface area contributed by atoms with Gasteiger partial charge >= 0.3 is 7.82 Å². The normalized spacial score (nSPS) is 11.0. The number of hydrogen-bond acceptors (Lipinski definition) is 4. The first-order chi connectivity index (χ1) is 12.4. The Morgan fingerprint density at radius 1 is 0.577 bits per heavy atom. The Morgan fingerprint density at radius 3 is 1.50 bits per heavy atom. The van der Waals surface area contributed by atoms with Gasteiger partial charge in [0.05, 0.1) is 0 Å². The first-order valence-corrected chi connectivity index (χ1v) is 9.77. The molecule has 3 rings (SSSR count). The molecule has 0 unspecified atom stereocenters. The van der Waals surface area contributed by atoms with Gasteiger partial charge in [0.15, 0.2) is 0 Å². The van der Waals surface area contributed by atoms with E-state index in [1.165, 1.54) is 0 Å². The van der Waals surface area contributed by atoms with Gasteiger partial charge in [0.2, 0.25) is 0 Å². The van der Waals surface area contributed by atoms with Crippen molar-refractivity contribution in [2.45, 2.75) is 20.8 Å². The molecular formula is C21H21O4P. The molecule has 0 aliphatic rings. The van der Waals surface area contributed by atoms with Crippen LogP contribution in [-0.4, -0.2) is 0 Å². The van der Waals surface area contributed by atoms with Gasteiger partial charge in [-0.1, -0.05) is 42.0 Å². The van der Waals surface area contributed by atoms with Crippen LogP contribution in [0, 0.1) is 20.8 Å². The van der Waals surface area contributed by atoms with Crippen molar-refractivity contribution in [3.05, 3.63) is 89.5 Å². The zero-order valence-electron chi connectivity index (χ0n) is 15.0. The van der Waals surface area contributed by atoms with E-state index in [9.17, 15) is 4.57 Å². The number of hydrogen-bond donors (Lipinski definition) is 0. The standard InChI is InChI=1S/C21H21O4P/c1-16-10-12-19(13-11-16)23-26(22,24-20-8-4-6-17(2)14-20)25-21-9-5-7-18(3)15-21/h4-15H,1-3H3. The van der Waals surface area contributed by atoms with E-state index in [1.54, 1.807) is 36.4 Å². The van der Waals surface area contributed by atoms with Crippen LogP contribution in [0.2, 0.25) is 0 Å². The molecule has 4 nitrogen and oxygen atoms in total. The SMILES string of the molecule is Cc1ccc(OP(=O)(Oc2cccc(C)c2)Oc2cccc(C)c2)cc1. The second-order valence-corrected chi connectivity index (χ2v) is 7.61. The molecule has 0 saturated carbocycles. The van der Waals surface area contributed by atoms with Gasteiger partial charge in [-0.2, -0.15) is 4.57 Å². The van der Waals surface area contributed by atoms with Crippen molar-refractivity contribution < 1.29 is 18.1 Å². The van der Waals surface area contributed by atoms with Gasteiger partial charge < -0.3 is 13.6 Å². The van der Waals surface area contributed by atoms with Gasteiger partial charge in [0, 0.05) is 0 Å². The second-order valence-electron chi connectivity index (χ2n) is 6.17. The van der Waals surface area contributed by atoms with Gasteiger partial charge in [0.25, 0.3) is 0 Å². The lowest BCUT2D eigenvalue weighted by molar-refractivity contribution is 0.298. The van der Waals surface area contributed by atoms with E-state index in [2.05, 4.69) is 0 Å². The van der Waals surface area contributed by atoms with Crippen molar-refractivity contribution in [3.63, 3.8) is 0 Å². The molecule has 0 aromatic heterocycles. The van der Waals surface area contributed by atoms with Crippen LogP contribution >= 0.6 is 7.82 Å². The monoisotopic (exact) mass is 368 g/mol. The lowest BCUT2D eigenvalue weighted by Crippen LogP contribution is -2.07. The Kier molecular flexibility index (Phi) is 5.34. The lowest BCUT2D eigenvalue weighted by Gasteiger charge is -2.20. The minimum absolute atomic E-state index is 0.416. The van der Waals surface area contributed by atoms with Crippen molar-refractivity contribution in [1.82, 2.24) is 0 Å². The molecule has 0 bridgehead atoms. The summed E-state index contributed by atoms with van der Waals surface area (Å²) in [6.45, 7) is 5.83. The number of rotatable bonds is 6. The molecule has 0 amide bonds. The molecule has 0 saturated heterocycles. The van der Waals surface area contributed by atoms with Crippen molar-refractivity contribution in [3.8, 4) is 17.2 Å². The van der Waals surface area contributed by atoms with Crippen LogP contribution in [0.5, 0.6) is 17.2 Å². The van der Waals surface area contributed by atoms with Crippen LogP contribution in [-0.2, 0) is 4.57 Å². The predicted molar refractivity (Wildman–Crippen MR) is 103 cm³/mol. The summed E-state index contributed by atoms with van der Waals surface area (Å²) in [5.41, 5.74) is 3.05. The molecule has 0 fully saturated rings. The lowest BCUT2D eigenvalue weighted by atomic mass is 10.2. The predicted octanol–water partition coefficient (Wildman–Crippen LogP) is 6.26. The van der Waals surface area contributed by atoms with Gasteiger partial charge in [-0.05, 0) is 68.3 Å². The number of phosphoric ester groups is 1. The Morgan fingerprint density at radius 2 is 1.04 bits per heavy atom. The van der Waals surface area contributed by atoms with Gasteiger partial charge in [0.1, 0.15) is 17.2 Å². The van der Waals surface area contributed by atoms with Crippen LogP contribution in [0.1, 0.15) is 16.7 Å². The van der Waals surface area contributed by atoms with Crippen LogP contribution in [0.4, 0.5) is 0 Å².